The molecule has 1 heterocycles. The van der Waals surface area contributed by atoms with Gasteiger partial charge in [-0.2, -0.15) is 0 Å². The van der Waals surface area contributed by atoms with E-state index in [0.29, 0.717) is 0 Å². The van der Waals surface area contributed by atoms with Crippen molar-refractivity contribution in [3.8, 4) is 0 Å². The molecule has 1 aliphatic carbocycles. The fraction of sp³-hybridized carbons (Fsp3) is 0.692. The Bertz CT molecular complexity index is 772. The zero-order valence-corrected chi connectivity index (χ0v) is 13.6. The van der Waals surface area contributed by atoms with Crippen molar-refractivity contribution in [1.29, 1.82) is 0 Å². The molecule has 1 aromatic heterocycles. The lowest BCUT2D eigenvalue weighted by molar-refractivity contribution is 0.296. The number of aryl methyl sites for hydroxylation is 1. The van der Waals surface area contributed by atoms with E-state index in [1.165, 1.54) is 14.1 Å². The number of sulfonamides is 1. The van der Waals surface area contributed by atoms with Crippen LogP contribution in [0.2, 0.25) is 0 Å². The number of aromatic nitrogens is 2. The third-order valence-electron chi connectivity index (χ3n) is 4.17. The first-order valence-electron chi connectivity index (χ1n) is 7.21. The van der Waals surface area contributed by atoms with Gasteiger partial charge in [-0.15, -0.1) is 0 Å². The molecule has 3 N–H and O–H groups in total. The highest BCUT2D eigenvalue weighted by atomic mass is 32.2. The van der Waals surface area contributed by atoms with Crippen LogP contribution in [0.3, 0.4) is 0 Å². The Hall–Kier alpha value is -1.45. The second-order valence-electron chi connectivity index (χ2n) is 6.00. The molecular weight excluding hydrogens is 308 g/mol. The fourth-order valence-corrected chi connectivity index (χ4v) is 4.01. The van der Waals surface area contributed by atoms with Crippen LogP contribution >= 0.6 is 0 Å². The van der Waals surface area contributed by atoms with E-state index in [-0.39, 0.29) is 6.54 Å². The van der Waals surface area contributed by atoms with E-state index in [1.54, 1.807) is 0 Å². The van der Waals surface area contributed by atoms with Gasteiger partial charge in [0.1, 0.15) is 0 Å². The summed E-state index contributed by atoms with van der Waals surface area (Å²) in [7, 11) is -1.37. The van der Waals surface area contributed by atoms with Gasteiger partial charge in [0.2, 0.25) is 10.0 Å². The van der Waals surface area contributed by atoms with E-state index in [1.807, 2.05) is 0 Å². The first-order chi connectivity index (χ1) is 10.2. The molecule has 1 aliphatic rings. The van der Waals surface area contributed by atoms with Crippen LogP contribution in [0.15, 0.2) is 20.7 Å². The summed E-state index contributed by atoms with van der Waals surface area (Å²) >= 11 is 0. The Morgan fingerprint density at radius 3 is 2.41 bits per heavy atom. The molecule has 124 valence electrons. The molecule has 22 heavy (non-hydrogen) atoms. The maximum absolute atomic E-state index is 12.4. The van der Waals surface area contributed by atoms with Gasteiger partial charge in [0.05, 0.1) is 0 Å². The van der Waals surface area contributed by atoms with E-state index < -0.39 is 31.7 Å². The smallest absolute Gasteiger partial charge is 0.324 e. The molecule has 0 aromatic carbocycles. The number of nitrogens with two attached hydrogens (primary N) is 1. The third kappa shape index (κ3) is 3.31. The first-order valence-corrected chi connectivity index (χ1v) is 8.70. The van der Waals surface area contributed by atoms with Gasteiger partial charge in [-0.05, 0) is 12.8 Å². The molecule has 2 rings (SSSR count). The molecule has 9 heteroatoms. The van der Waals surface area contributed by atoms with Crippen LogP contribution in [-0.4, -0.2) is 29.6 Å². The van der Waals surface area contributed by atoms with Crippen molar-refractivity contribution < 1.29 is 8.42 Å². The Kier molecular flexibility index (Phi) is 4.59. The molecule has 8 nitrogen and oxygen atoms in total. The van der Waals surface area contributed by atoms with Crippen molar-refractivity contribution in [3.05, 3.63) is 27.0 Å². The number of hydrogen-bond acceptors (Lipinski definition) is 5. The normalized spacial score (nSPS) is 18.3. The van der Waals surface area contributed by atoms with Gasteiger partial charge in [-0.3, -0.25) is 9.36 Å². The molecule has 0 bridgehead atoms. The minimum atomic E-state index is -4.01. The summed E-state index contributed by atoms with van der Waals surface area (Å²) in [6, 6.07) is 0. The summed E-state index contributed by atoms with van der Waals surface area (Å²) in [5.41, 5.74) is 4.21. The van der Waals surface area contributed by atoms with Crippen molar-refractivity contribution in [2.75, 3.05) is 6.54 Å². The summed E-state index contributed by atoms with van der Waals surface area (Å²) < 4.78 is 29.0. The molecule has 0 unspecified atom stereocenters. The van der Waals surface area contributed by atoms with Crippen molar-refractivity contribution in [3.63, 3.8) is 0 Å². The van der Waals surface area contributed by atoms with Crippen molar-refractivity contribution in [2.45, 2.75) is 42.5 Å². The Labute approximate surface area is 129 Å². The molecule has 1 saturated carbocycles. The van der Waals surface area contributed by atoms with Gasteiger partial charge in [-0.25, -0.2) is 17.9 Å². The van der Waals surface area contributed by atoms with Gasteiger partial charge in [0, 0.05) is 32.4 Å². The minimum Gasteiger partial charge on any atom is -0.324 e. The second-order valence-corrected chi connectivity index (χ2v) is 7.73. The number of hydrogen-bond donors (Lipinski definition) is 2. The van der Waals surface area contributed by atoms with Crippen LogP contribution in [0.5, 0.6) is 0 Å². The predicted molar refractivity (Wildman–Crippen MR) is 82.1 cm³/mol. The summed E-state index contributed by atoms with van der Waals surface area (Å²) in [6.07, 6.45) is 5.59. The number of rotatable bonds is 4. The van der Waals surface area contributed by atoms with Crippen molar-refractivity contribution >= 4 is 10.0 Å². The highest BCUT2D eigenvalue weighted by Gasteiger charge is 2.30. The quantitative estimate of drug-likeness (QED) is 0.736. The fourth-order valence-electron chi connectivity index (χ4n) is 2.71. The van der Waals surface area contributed by atoms with E-state index in [2.05, 4.69) is 4.72 Å². The lowest BCUT2D eigenvalue weighted by atomic mass is 9.83. The molecule has 0 radical (unpaired) electrons. The van der Waals surface area contributed by atoms with Crippen LogP contribution in [0.25, 0.3) is 0 Å². The zero-order chi connectivity index (χ0) is 16.5. The molecular formula is C13H22N4O4S. The van der Waals surface area contributed by atoms with E-state index in [4.69, 9.17) is 5.73 Å². The van der Waals surface area contributed by atoms with Crippen LogP contribution < -0.4 is 21.7 Å². The molecule has 0 spiro atoms. The summed E-state index contributed by atoms with van der Waals surface area (Å²) in [5, 5.41) is 0. The molecule has 0 aliphatic heterocycles. The highest BCUT2D eigenvalue weighted by Crippen LogP contribution is 2.25. The second kappa shape index (κ2) is 5.98. The SMILES string of the molecule is Cn1cc(S(=O)(=O)NCC2(N)CCCCC2)c(=O)n(C)c1=O. The molecule has 1 aromatic rings. The average Bonchev–Trinajstić information content (AvgIpc) is 2.48. The monoisotopic (exact) mass is 330 g/mol. The first kappa shape index (κ1) is 16.9. The Morgan fingerprint density at radius 2 is 1.82 bits per heavy atom. The molecule has 0 saturated heterocycles. The van der Waals surface area contributed by atoms with Crippen molar-refractivity contribution in [2.24, 2.45) is 19.8 Å². The van der Waals surface area contributed by atoms with E-state index in [0.717, 1.165) is 47.4 Å². The maximum Gasteiger partial charge on any atom is 0.330 e. The number of nitrogens with zero attached hydrogens (tertiary/aromatic N) is 2. The standard InChI is InChI=1S/C13H22N4O4S/c1-16-8-10(11(18)17(2)12(16)19)22(20,21)15-9-13(14)6-4-3-5-7-13/h8,15H,3-7,9,14H2,1-2H3. The summed E-state index contributed by atoms with van der Waals surface area (Å²) in [4.78, 5) is 23.2. The minimum absolute atomic E-state index is 0.0847. The van der Waals surface area contributed by atoms with Crippen molar-refractivity contribution in [1.82, 2.24) is 13.9 Å². The lowest BCUT2D eigenvalue weighted by Gasteiger charge is -2.33. The molecule has 0 atom stereocenters. The van der Waals surface area contributed by atoms with Gasteiger partial charge >= 0.3 is 5.69 Å². The predicted octanol–water partition coefficient (Wildman–Crippen LogP) is -0.976. The molecule has 1 fully saturated rings. The maximum atomic E-state index is 12.4. The highest BCUT2D eigenvalue weighted by molar-refractivity contribution is 7.89. The van der Waals surface area contributed by atoms with Crippen LogP contribution in [0.1, 0.15) is 32.1 Å². The van der Waals surface area contributed by atoms with E-state index >= 15 is 0 Å². The number of nitrogens with one attached hydrogen (secondary N) is 1. The van der Waals surface area contributed by atoms with Crippen LogP contribution in [0, 0.1) is 0 Å². The van der Waals surface area contributed by atoms with Gasteiger partial charge in [-0.1, -0.05) is 19.3 Å². The van der Waals surface area contributed by atoms with Gasteiger partial charge in [0.25, 0.3) is 5.56 Å². The summed E-state index contributed by atoms with van der Waals surface area (Å²) in [5.74, 6) is 0. The Balaban J connectivity index is 2.28. The van der Waals surface area contributed by atoms with Crippen LogP contribution in [0.4, 0.5) is 0 Å². The average molecular weight is 330 g/mol. The Morgan fingerprint density at radius 1 is 1.23 bits per heavy atom. The largest absolute Gasteiger partial charge is 0.330 e. The summed E-state index contributed by atoms with van der Waals surface area (Å²) in [6.45, 7) is 0.0847. The lowest BCUT2D eigenvalue weighted by Crippen LogP contribution is -2.52. The zero-order valence-electron chi connectivity index (χ0n) is 12.8. The van der Waals surface area contributed by atoms with E-state index in [9.17, 15) is 18.0 Å². The topological polar surface area (TPSA) is 116 Å². The third-order valence-corrected chi connectivity index (χ3v) is 5.55. The van der Waals surface area contributed by atoms with Gasteiger partial charge < -0.3 is 10.3 Å². The molecule has 0 amide bonds. The van der Waals surface area contributed by atoms with Gasteiger partial charge in [0.15, 0.2) is 4.90 Å². The van der Waals surface area contributed by atoms with Crippen LogP contribution in [-0.2, 0) is 24.1 Å².